The van der Waals surface area contributed by atoms with Gasteiger partial charge in [-0.25, -0.2) is 4.98 Å². The molecule has 0 atom stereocenters. The van der Waals surface area contributed by atoms with E-state index in [9.17, 15) is 4.79 Å². The Morgan fingerprint density at radius 3 is 3.05 bits per heavy atom. The average Bonchev–Trinajstić information content (AvgIpc) is 2.84. The van der Waals surface area contributed by atoms with Gasteiger partial charge >= 0.3 is 0 Å². The molecule has 0 saturated heterocycles. The fourth-order valence-corrected chi connectivity index (χ4v) is 2.55. The third-order valence-electron chi connectivity index (χ3n) is 2.87. The summed E-state index contributed by atoms with van der Waals surface area (Å²) < 4.78 is 0. The molecule has 100 valence electrons. The van der Waals surface area contributed by atoms with Gasteiger partial charge in [0.15, 0.2) is 5.13 Å². The zero-order valence-electron chi connectivity index (χ0n) is 10.5. The molecular formula is C14H12N4OS. The predicted molar refractivity (Wildman–Crippen MR) is 80.6 cm³/mol. The van der Waals surface area contributed by atoms with Crippen LogP contribution in [0.15, 0.2) is 42.0 Å². The maximum absolute atomic E-state index is 12.0. The number of hydrogen-bond acceptors (Lipinski definition) is 5. The summed E-state index contributed by atoms with van der Waals surface area (Å²) in [7, 11) is 0. The fraction of sp³-hybridized carbons (Fsp3) is 0.0714. The molecule has 3 N–H and O–H groups in total. The lowest BCUT2D eigenvalue weighted by atomic mass is 10.1. The molecular weight excluding hydrogens is 272 g/mol. The summed E-state index contributed by atoms with van der Waals surface area (Å²) in [5.41, 5.74) is 6.99. The number of fused-ring (bicyclic) bond motifs is 1. The summed E-state index contributed by atoms with van der Waals surface area (Å²) in [6.45, 7) is 0. The van der Waals surface area contributed by atoms with Crippen molar-refractivity contribution in [3.8, 4) is 0 Å². The summed E-state index contributed by atoms with van der Waals surface area (Å²) in [5.74, 6) is -0.119. The Labute approximate surface area is 119 Å². The average molecular weight is 284 g/mol. The molecule has 0 bridgehead atoms. The minimum Gasteiger partial charge on any atom is -0.375 e. The second-order valence-electron chi connectivity index (χ2n) is 4.30. The van der Waals surface area contributed by atoms with E-state index in [0.29, 0.717) is 10.8 Å². The Morgan fingerprint density at radius 1 is 1.35 bits per heavy atom. The number of nitrogens with one attached hydrogen (secondary N) is 1. The second kappa shape index (κ2) is 5.26. The van der Waals surface area contributed by atoms with Gasteiger partial charge in [-0.1, -0.05) is 12.1 Å². The maximum atomic E-state index is 12.0. The molecule has 6 heteroatoms. The lowest BCUT2D eigenvalue weighted by Crippen LogP contribution is -2.14. The van der Waals surface area contributed by atoms with Crippen molar-refractivity contribution in [3.05, 3.63) is 47.7 Å². The van der Waals surface area contributed by atoms with Crippen molar-refractivity contribution in [2.24, 2.45) is 0 Å². The second-order valence-corrected chi connectivity index (χ2v) is 5.19. The number of nitrogens with two attached hydrogens (primary N) is 1. The van der Waals surface area contributed by atoms with Gasteiger partial charge in [-0.2, -0.15) is 0 Å². The topological polar surface area (TPSA) is 80.9 Å². The number of carbonyl (C=O) groups excluding carboxylic acids is 1. The molecule has 3 rings (SSSR count). The van der Waals surface area contributed by atoms with Crippen molar-refractivity contribution < 1.29 is 4.79 Å². The van der Waals surface area contributed by atoms with E-state index in [1.807, 2.05) is 24.3 Å². The minimum atomic E-state index is -0.119. The highest BCUT2D eigenvalue weighted by atomic mass is 32.1. The number of amides is 1. The number of benzene rings is 1. The number of thiazole rings is 1. The van der Waals surface area contributed by atoms with Crippen molar-refractivity contribution in [3.63, 3.8) is 0 Å². The van der Waals surface area contributed by atoms with E-state index in [0.717, 1.165) is 16.5 Å². The lowest BCUT2D eigenvalue weighted by Gasteiger charge is -2.07. The minimum absolute atomic E-state index is 0.119. The van der Waals surface area contributed by atoms with Gasteiger partial charge in [0.25, 0.3) is 0 Å². The lowest BCUT2D eigenvalue weighted by molar-refractivity contribution is -0.115. The van der Waals surface area contributed by atoms with E-state index in [-0.39, 0.29) is 12.3 Å². The van der Waals surface area contributed by atoms with Crippen LogP contribution in [0.25, 0.3) is 10.8 Å². The van der Waals surface area contributed by atoms with Crippen LogP contribution in [0, 0.1) is 0 Å². The number of hydrogen-bond donors (Lipinski definition) is 2. The van der Waals surface area contributed by atoms with E-state index in [4.69, 9.17) is 5.73 Å². The van der Waals surface area contributed by atoms with Crippen molar-refractivity contribution in [2.75, 3.05) is 11.1 Å². The highest BCUT2D eigenvalue weighted by Crippen LogP contribution is 2.22. The van der Waals surface area contributed by atoms with Gasteiger partial charge in [-0.05, 0) is 17.5 Å². The third-order valence-corrected chi connectivity index (χ3v) is 3.59. The first-order valence-electron chi connectivity index (χ1n) is 6.05. The first kappa shape index (κ1) is 12.6. The van der Waals surface area contributed by atoms with Crippen LogP contribution >= 0.6 is 11.3 Å². The predicted octanol–water partition coefficient (Wildman–Crippen LogP) is 2.45. The van der Waals surface area contributed by atoms with E-state index in [1.165, 1.54) is 11.3 Å². The summed E-state index contributed by atoms with van der Waals surface area (Å²) in [6, 6.07) is 7.65. The van der Waals surface area contributed by atoms with Crippen LogP contribution in [-0.2, 0) is 11.2 Å². The molecule has 0 aliphatic carbocycles. The summed E-state index contributed by atoms with van der Waals surface area (Å²) in [4.78, 5) is 20.2. The number of rotatable bonds is 3. The molecule has 2 aromatic heterocycles. The van der Waals surface area contributed by atoms with Gasteiger partial charge in [0.05, 0.1) is 17.8 Å². The zero-order chi connectivity index (χ0) is 13.9. The van der Waals surface area contributed by atoms with Gasteiger partial charge in [-0.15, -0.1) is 11.3 Å². The molecule has 1 amide bonds. The van der Waals surface area contributed by atoms with Crippen molar-refractivity contribution in [1.29, 1.82) is 0 Å². The zero-order valence-corrected chi connectivity index (χ0v) is 11.4. The van der Waals surface area contributed by atoms with E-state index in [1.54, 1.807) is 17.8 Å². The molecule has 2 heterocycles. The van der Waals surface area contributed by atoms with Gasteiger partial charge in [0, 0.05) is 23.2 Å². The number of nitrogen functional groups attached to an aromatic ring is 1. The van der Waals surface area contributed by atoms with Crippen LogP contribution in [0.2, 0.25) is 0 Å². The number of nitrogens with zero attached hydrogens (tertiary/aromatic N) is 2. The Hall–Kier alpha value is -2.47. The van der Waals surface area contributed by atoms with Crippen molar-refractivity contribution in [2.45, 2.75) is 6.42 Å². The molecule has 3 aromatic rings. The Bertz CT molecular complexity index is 763. The molecule has 20 heavy (non-hydrogen) atoms. The van der Waals surface area contributed by atoms with Crippen LogP contribution in [0.4, 0.5) is 10.8 Å². The molecule has 0 saturated carbocycles. The maximum Gasteiger partial charge on any atom is 0.230 e. The Morgan fingerprint density at radius 2 is 2.25 bits per heavy atom. The van der Waals surface area contributed by atoms with Crippen LogP contribution in [0.1, 0.15) is 5.69 Å². The number of carbonyl (C=O) groups is 1. The quantitative estimate of drug-likeness (QED) is 0.774. The van der Waals surface area contributed by atoms with Gasteiger partial charge < -0.3 is 11.1 Å². The highest BCUT2D eigenvalue weighted by molar-refractivity contribution is 7.13. The van der Waals surface area contributed by atoms with Crippen LogP contribution in [0.5, 0.6) is 0 Å². The molecule has 1 aromatic carbocycles. The molecule has 0 unspecified atom stereocenters. The van der Waals surface area contributed by atoms with Crippen molar-refractivity contribution in [1.82, 2.24) is 9.97 Å². The molecule has 0 aliphatic heterocycles. The summed E-state index contributed by atoms with van der Waals surface area (Å²) >= 11 is 1.33. The fourth-order valence-electron chi connectivity index (χ4n) is 1.99. The molecule has 5 nitrogen and oxygen atoms in total. The number of anilines is 2. The SMILES string of the molecule is Nc1nc(CC(=O)Nc2cccc3ccncc23)cs1. The van der Waals surface area contributed by atoms with Crippen LogP contribution in [0.3, 0.4) is 0 Å². The van der Waals surface area contributed by atoms with Gasteiger partial charge in [0.1, 0.15) is 0 Å². The summed E-state index contributed by atoms with van der Waals surface area (Å²) in [6.07, 6.45) is 3.68. The van der Waals surface area contributed by atoms with E-state index < -0.39 is 0 Å². The number of pyridine rings is 1. The van der Waals surface area contributed by atoms with E-state index >= 15 is 0 Å². The molecule has 0 aliphatic rings. The van der Waals surface area contributed by atoms with Crippen LogP contribution < -0.4 is 11.1 Å². The molecule has 0 radical (unpaired) electrons. The molecule has 0 spiro atoms. The smallest absolute Gasteiger partial charge is 0.230 e. The number of aromatic nitrogens is 2. The Balaban J connectivity index is 1.81. The summed E-state index contributed by atoms with van der Waals surface area (Å²) in [5, 5.41) is 7.11. The highest BCUT2D eigenvalue weighted by Gasteiger charge is 2.09. The van der Waals surface area contributed by atoms with Crippen molar-refractivity contribution >= 4 is 38.8 Å². The first-order chi connectivity index (χ1) is 9.72. The third kappa shape index (κ3) is 2.60. The largest absolute Gasteiger partial charge is 0.375 e. The first-order valence-corrected chi connectivity index (χ1v) is 6.93. The molecule has 0 fully saturated rings. The Kier molecular flexibility index (Phi) is 3.30. The van der Waals surface area contributed by atoms with Gasteiger partial charge in [-0.3, -0.25) is 9.78 Å². The van der Waals surface area contributed by atoms with E-state index in [2.05, 4.69) is 15.3 Å². The van der Waals surface area contributed by atoms with Gasteiger partial charge in [0.2, 0.25) is 5.91 Å². The van der Waals surface area contributed by atoms with Crippen LogP contribution in [-0.4, -0.2) is 15.9 Å². The normalized spacial score (nSPS) is 10.6. The monoisotopic (exact) mass is 284 g/mol. The standard InChI is InChI=1S/C14H12N4OS/c15-14-17-10(8-20-14)6-13(19)18-12-3-1-2-9-4-5-16-7-11(9)12/h1-5,7-8H,6H2,(H2,15,17)(H,18,19).